The molecule has 1 rings (SSSR count). The normalized spacial score (nSPS) is 10.2. The maximum atomic E-state index is 10.2. The van der Waals surface area contributed by atoms with Crippen LogP contribution in [0, 0.1) is 0 Å². The molecule has 0 saturated carbocycles. The van der Waals surface area contributed by atoms with Gasteiger partial charge < -0.3 is 15.0 Å². The Labute approximate surface area is 205 Å². The minimum atomic E-state index is -0.914. The number of benzene rings is 1. The van der Waals surface area contributed by atoms with E-state index in [1.54, 1.807) is 30.3 Å². The molecule has 1 aromatic rings. The molecule has 0 unspecified atom stereocenters. The fourth-order valence-corrected chi connectivity index (χ4v) is 2.92. The van der Waals surface area contributed by atoms with Gasteiger partial charge in [-0.25, -0.2) is 4.79 Å². The number of carboxylic acid groups (broad SMARTS) is 2. The van der Waals surface area contributed by atoms with Crippen LogP contribution in [0.2, 0.25) is 0 Å². The topological polar surface area (TPSA) is 77.4 Å². The zero-order valence-electron chi connectivity index (χ0n) is 19.1. The van der Waals surface area contributed by atoms with Crippen LogP contribution in [0.5, 0.6) is 0 Å². The molecule has 0 aromatic heterocycles. The van der Waals surface area contributed by atoms with Crippen LogP contribution in [0.25, 0.3) is 0 Å². The maximum absolute atomic E-state index is 10.2. The quantitative estimate of drug-likeness (QED) is 0.250. The predicted molar refractivity (Wildman–Crippen MR) is 118 cm³/mol. The maximum Gasteiger partial charge on any atom is 1.00 e. The fourth-order valence-electron chi connectivity index (χ4n) is 2.92. The number of rotatable bonds is 16. The van der Waals surface area contributed by atoms with E-state index in [1.807, 2.05) is 0 Å². The fraction of sp³-hybridized carbons (Fsp3) is 0.600. The molecular weight excluding hydrogens is 387 g/mol. The van der Waals surface area contributed by atoms with Crippen molar-refractivity contribution in [1.82, 2.24) is 0 Å². The zero-order chi connectivity index (χ0) is 21.6. The molecular formula is C25H39NaO4. The molecule has 0 aliphatic rings. The Hall–Kier alpha value is -1.10. The summed E-state index contributed by atoms with van der Waals surface area (Å²) >= 11 is 0. The number of carbonyl (C=O) groups excluding carboxylic acids is 1. The van der Waals surface area contributed by atoms with E-state index in [9.17, 15) is 14.7 Å². The summed E-state index contributed by atoms with van der Waals surface area (Å²) in [6, 6.07) is 8.30. The van der Waals surface area contributed by atoms with Crippen LogP contribution in [-0.4, -0.2) is 17.0 Å². The average Bonchev–Trinajstić information content (AvgIpc) is 2.72. The van der Waals surface area contributed by atoms with Gasteiger partial charge in [0.05, 0.1) is 5.56 Å². The van der Waals surface area contributed by atoms with E-state index < -0.39 is 11.9 Å². The Morgan fingerprint density at radius 1 is 0.800 bits per heavy atom. The Morgan fingerprint density at radius 2 is 1.27 bits per heavy atom. The summed E-state index contributed by atoms with van der Waals surface area (Å²) in [6.45, 7) is 2.26. The molecule has 0 aliphatic heterocycles. The van der Waals surface area contributed by atoms with E-state index in [1.165, 1.54) is 64.2 Å². The second kappa shape index (κ2) is 24.2. The number of aliphatic carboxylic acids is 1. The van der Waals surface area contributed by atoms with Gasteiger partial charge in [0.15, 0.2) is 0 Å². The molecule has 4 nitrogen and oxygen atoms in total. The SMILES string of the molecule is CCCCCCCC/C=C\CCCCCCCC(=O)[O-].O=C(O)c1ccccc1.[Na+]. The number of hydrogen-bond donors (Lipinski definition) is 1. The first-order chi connectivity index (χ1) is 14.1. The van der Waals surface area contributed by atoms with Gasteiger partial charge in [0.25, 0.3) is 0 Å². The van der Waals surface area contributed by atoms with Gasteiger partial charge in [-0.1, -0.05) is 88.6 Å². The summed E-state index contributed by atoms with van der Waals surface area (Å²) in [7, 11) is 0. The molecule has 0 spiro atoms. The Kier molecular flexibility index (Phi) is 25.0. The Bertz CT molecular complexity index is 543. The molecule has 0 heterocycles. The smallest absolute Gasteiger partial charge is 0.550 e. The molecule has 5 heteroatoms. The minimum absolute atomic E-state index is 0. The average molecular weight is 427 g/mol. The van der Waals surface area contributed by atoms with Gasteiger partial charge in [0.2, 0.25) is 0 Å². The molecule has 1 aromatic carbocycles. The summed E-state index contributed by atoms with van der Waals surface area (Å²) in [5.74, 6) is -1.79. The first-order valence-corrected chi connectivity index (χ1v) is 11.2. The molecule has 30 heavy (non-hydrogen) atoms. The number of carbonyl (C=O) groups is 2. The minimum Gasteiger partial charge on any atom is -0.550 e. The monoisotopic (exact) mass is 426 g/mol. The van der Waals surface area contributed by atoms with Crippen LogP contribution < -0.4 is 34.7 Å². The summed E-state index contributed by atoms with van der Waals surface area (Å²) in [6.07, 6.45) is 20.9. The molecule has 0 amide bonds. The van der Waals surface area contributed by atoms with E-state index in [0.29, 0.717) is 5.56 Å². The van der Waals surface area contributed by atoms with Crippen LogP contribution in [0.4, 0.5) is 0 Å². The zero-order valence-corrected chi connectivity index (χ0v) is 21.1. The second-order valence-corrected chi connectivity index (χ2v) is 7.38. The third kappa shape index (κ3) is 23.2. The third-order valence-corrected chi connectivity index (χ3v) is 4.66. The van der Waals surface area contributed by atoms with Crippen molar-refractivity contribution in [2.45, 2.75) is 96.8 Å². The van der Waals surface area contributed by atoms with Crippen molar-refractivity contribution in [2.24, 2.45) is 0 Å². The van der Waals surface area contributed by atoms with E-state index in [4.69, 9.17) is 5.11 Å². The number of hydrogen-bond acceptors (Lipinski definition) is 3. The molecule has 0 aliphatic carbocycles. The van der Waals surface area contributed by atoms with Crippen LogP contribution in [0.3, 0.4) is 0 Å². The largest absolute Gasteiger partial charge is 1.00 e. The molecule has 0 saturated heterocycles. The summed E-state index contributed by atoms with van der Waals surface area (Å²) in [4.78, 5) is 20.4. The summed E-state index contributed by atoms with van der Waals surface area (Å²) in [5, 5.41) is 18.6. The number of carboxylic acids is 2. The summed E-state index contributed by atoms with van der Waals surface area (Å²) in [5.41, 5.74) is 0.331. The van der Waals surface area contributed by atoms with Gasteiger partial charge in [0, 0.05) is 5.97 Å². The van der Waals surface area contributed by atoms with Gasteiger partial charge in [-0.3, -0.25) is 0 Å². The van der Waals surface area contributed by atoms with Gasteiger partial charge in [0.1, 0.15) is 0 Å². The molecule has 164 valence electrons. The van der Waals surface area contributed by atoms with E-state index in [0.717, 1.165) is 19.3 Å². The van der Waals surface area contributed by atoms with Crippen molar-refractivity contribution in [3.8, 4) is 0 Å². The Morgan fingerprint density at radius 3 is 1.70 bits per heavy atom. The molecule has 0 atom stereocenters. The van der Waals surface area contributed by atoms with Gasteiger partial charge in [-0.15, -0.1) is 0 Å². The van der Waals surface area contributed by atoms with Crippen LogP contribution in [0.15, 0.2) is 42.5 Å². The van der Waals surface area contributed by atoms with E-state index >= 15 is 0 Å². The van der Waals surface area contributed by atoms with Crippen molar-refractivity contribution < 1.29 is 49.4 Å². The van der Waals surface area contributed by atoms with Crippen molar-refractivity contribution >= 4 is 11.9 Å². The van der Waals surface area contributed by atoms with Gasteiger partial charge >= 0.3 is 35.5 Å². The van der Waals surface area contributed by atoms with Crippen molar-refractivity contribution in [2.75, 3.05) is 0 Å². The van der Waals surface area contributed by atoms with Crippen molar-refractivity contribution in [1.29, 1.82) is 0 Å². The van der Waals surface area contributed by atoms with Gasteiger partial charge in [-0.05, 0) is 50.7 Å². The van der Waals surface area contributed by atoms with Crippen LogP contribution >= 0.6 is 0 Å². The van der Waals surface area contributed by atoms with E-state index in [2.05, 4.69) is 19.1 Å². The number of unbranched alkanes of at least 4 members (excludes halogenated alkanes) is 11. The van der Waals surface area contributed by atoms with Crippen molar-refractivity contribution in [3.63, 3.8) is 0 Å². The van der Waals surface area contributed by atoms with Crippen LogP contribution in [0.1, 0.15) is 107 Å². The third-order valence-electron chi connectivity index (χ3n) is 4.66. The molecule has 0 fully saturated rings. The molecule has 0 bridgehead atoms. The first-order valence-electron chi connectivity index (χ1n) is 11.2. The first kappa shape index (κ1) is 31.1. The Balaban J connectivity index is 0. The van der Waals surface area contributed by atoms with Gasteiger partial charge in [-0.2, -0.15) is 0 Å². The van der Waals surface area contributed by atoms with Crippen LogP contribution in [-0.2, 0) is 4.79 Å². The second-order valence-electron chi connectivity index (χ2n) is 7.38. The molecule has 0 radical (unpaired) electrons. The number of allylic oxidation sites excluding steroid dienone is 2. The molecule has 1 N–H and O–H groups in total. The predicted octanol–water partition coefficient (Wildman–Crippen LogP) is 3.16. The van der Waals surface area contributed by atoms with E-state index in [-0.39, 0.29) is 36.0 Å². The standard InChI is InChI=1S/C18H34O2.C7H6O2.Na/c1-2-3-4-5-6-7-8-9-10-11-12-13-14-15-16-17-18(19)20;8-7(9)6-4-2-1-3-5-6;/h9-10H,2-8,11-17H2,1H3,(H,19,20);1-5H,(H,8,9);/q;;+1/p-1/b10-9-;;. The summed E-state index contributed by atoms with van der Waals surface area (Å²) < 4.78 is 0. The number of aromatic carboxylic acids is 1. The van der Waals surface area contributed by atoms with Crippen molar-refractivity contribution in [3.05, 3.63) is 48.0 Å².